The molecule has 0 aliphatic rings. The SMILES string of the molecule is C/C(Cl)=C/c1cc(F)ccc1CNc1ccccc1C. The zero-order valence-electron chi connectivity index (χ0n) is 11.6. The van der Waals surface area contributed by atoms with Crippen LogP contribution in [0.1, 0.15) is 23.6 Å². The molecule has 0 saturated carbocycles. The highest BCUT2D eigenvalue weighted by Crippen LogP contribution is 2.19. The first-order valence-corrected chi connectivity index (χ1v) is 6.86. The van der Waals surface area contributed by atoms with Gasteiger partial charge in [0, 0.05) is 17.3 Å². The Morgan fingerprint density at radius 3 is 2.70 bits per heavy atom. The minimum Gasteiger partial charge on any atom is -0.381 e. The molecule has 0 aromatic heterocycles. The third-order valence-corrected chi connectivity index (χ3v) is 3.19. The molecule has 0 atom stereocenters. The average molecular weight is 290 g/mol. The number of aryl methyl sites for hydroxylation is 1. The number of nitrogens with one attached hydrogen (secondary N) is 1. The molecule has 0 spiro atoms. The van der Waals surface area contributed by atoms with E-state index < -0.39 is 0 Å². The lowest BCUT2D eigenvalue weighted by Crippen LogP contribution is -2.03. The first-order chi connectivity index (χ1) is 9.56. The van der Waals surface area contributed by atoms with E-state index in [-0.39, 0.29) is 5.82 Å². The lowest BCUT2D eigenvalue weighted by atomic mass is 10.1. The van der Waals surface area contributed by atoms with Gasteiger partial charge in [0.05, 0.1) is 0 Å². The Hall–Kier alpha value is -1.80. The number of allylic oxidation sites excluding steroid dienone is 1. The molecule has 0 fully saturated rings. The van der Waals surface area contributed by atoms with Gasteiger partial charge in [0.2, 0.25) is 0 Å². The van der Waals surface area contributed by atoms with E-state index in [2.05, 4.69) is 18.3 Å². The van der Waals surface area contributed by atoms with Crippen LogP contribution in [0.3, 0.4) is 0 Å². The maximum atomic E-state index is 13.3. The van der Waals surface area contributed by atoms with Gasteiger partial charge >= 0.3 is 0 Å². The van der Waals surface area contributed by atoms with Gasteiger partial charge in [0.1, 0.15) is 5.82 Å². The quantitative estimate of drug-likeness (QED) is 0.800. The molecule has 0 saturated heterocycles. The molecule has 0 bridgehead atoms. The summed E-state index contributed by atoms with van der Waals surface area (Å²) in [6.45, 7) is 4.46. The number of anilines is 1. The predicted octanol–water partition coefficient (Wildman–Crippen LogP) is 5.35. The fourth-order valence-corrected chi connectivity index (χ4v) is 2.15. The molecule has 2 aromatic rings. The maximum absolute atomic E-state index is 13.3. The molecule has 0 amide bonds. The van der Waals surface area contributed by atoms with Gasteiger partial charge in [-0.1, -0.05) is 35.9 Å². The molecule has 0 heterocycles. The summed E-state index contributed by atoms with van der Waals surface area (Å²) in [5.74, 6) is -0.256. The van der Waals surface area contributed by atoms with Crippen LogP contribution in [0.2, 0.25) is 0 Å². The van der Waals surface area contributed by atoms with Crippen molar-refractivity contribution in [1.29, 1.82) is 0 Å². The lowest BCUT2D eigenvalue weighted by molar-refractivity contribution is 0.626. The topological polar surface area (TPSA) is 12.0 Å². The summed E-state index contributed by atoms with van der Waals surface area (Å²) in [6, 6.07) is 12.8. The smallest absolute Gasteiger partial charge is 0.123 e. The maximum Gasteiger partial charge on any atom is 0.123 e. The predicted molar refractivity (Wildman–Crippen MR) is 84.4 cm³/mol. The molecular weight excluding hydrogens is 273 g/mol. The van der Waals surface area contributed by atoms with E-state index in [4.69, 9.17) is 11.6 Å². The Morgan fingerprint density at radius 2 is 2.00 bits per heavy atom. The van der Waals surface area contributed by atoms with Crippen LogP contribution in [0.5, 0.6) is 0 Å². The molecule has 0 unspecified atom stereocenters. The van der Waals surface area contributed by atoms with Gasteiger partial charge in [-0.3, -0.25) is 0 Å². The summed E-state index contributed by atoms with van der Waals surface area (Å²) in [4.78, 5) is 0. The molecule has 0 aliphatic carbocycles. The number of hydrogen-bond donors (Lipinski definition) is 1. The molecule has 2 rings (SSSR count). The van der Waals surface area contributed by atoms with Crippen molar-refractivity contribution in [1.82, 2.24) is 0 Å². The minimum atomic E-state index is -0.256. The zero-order chi connectivity index (χ0) is 14.5. The number of hydrogen-bond acceptors (Lipinski definition) is 1. The van der Waals surface area contributed by atoms with Gasteiger partial charge in [0.15, 0.2) is 0 Å². The zero-order valence-corrected chi connectivity index (χ0v) is 12.3. The fraction of sp³-hybridized carbons (Fsp3) is 0.176. The van der Waals surface area contributed by atoms with Crippen molar-refractivity contribution in [2.24, 2.45) is 0 Å². The third-order valence-electron chi connectivity index (χ3n) is 3.08. The summed E-state index contributed by atoms with van der Waals surface area (Å²) in [7, 11) is 0. The molecule has 20 heavy (non-hydrogen) atoms. The monoisotopic (exact) mass is 289 g/mol. The third kappa shape index (κ3) is 3.84. The summed E-state index contributed by atoms with van der Waals surface area (Å²) in [5.41, 5.74) is 4.07. The van der Waals surface area contributed by atoms with Gasteiger partial charge in [-0.2, -0.15) is 0 Å². The largest absolute Gasteiger partial charge is 0.381 e. The second-order valence-corrected chi connectivity index (χ2v) is 5.34. The van der Waals surface area contributed by atoms with E-state index in [0.29, 0.717) is 11.6 Å². The van der Waals surface area contributed by atoms with Gasteiger partial charge in [0.25, 0.3) is 0 Å². The van der Waals surface area contributed by atoms with Crippen molar-refractivity contribution in [2.45, 2.75) is 20.4 Å². The van der Waals surface area contributed by atoms with Crippen molar-refractivity contribution in [3.05, 3.63) is 70.0 Å². The highest BCUT2D eigenvalue weighted by atomic mass is 35.5. The molecule has 3 heteroatoms. The van der Waals surface area contributed by atoms with E-state index in [1.165, 1.54) is 17.7 Å². The van der Waals surface area contributed by atoms with Crippen molar-refractivity contribution in [2.75, 3.05) is 5.32 Å². The summed E-state index contributed by atoms with van der Waals surface area (Å²) in [5, 5.41) is 4.00. The number of benzene rings is 2. The average Bonchev–Trinajstić information content (AvgIpc) is 2.39. The highest BCUT2D eigenvalue weighted by Gasteiger charge is 2.04. The van der Waals surface area contributed by atoms with Gasteiger partial charge in [-0.05, 0) is 54.8 Å². The van der Waals surface area contributed by atoms with Crippen LogP contribution in [0.4, 0.5) is 10.1 Å². The van der Waals surface area contributed by atoms with E-state index in [1.54, 1.807) is 19.1 Å². The second kappa shape index (κ2) is 6.58. The summed E-state index contributed by atoms with van der Waals surface area (Å²) >= 11 is 5.90. The van der Waals surface area contributed by atoms with Crippen LogP contribution in [-0.4, -0.2) is 0 Å². The number of para-hydroxylation sites is 1. The Balaban J connectivity index is 2.21. The van der Waals surface area contributed by atoms with E-state index >= 15 is 0 Å². The molecule has 1 nitrogen and oxygen atoms in total. The summed E-state index contributed by atoms with van der Waals surface area (Å²) in [6.07, 6.45) is 1.78. The molecule has 104 valence electrons. The number of halogens is 2. The Bertz CT molecular complexity index is 631. The van der Waals surface area contributed by atoms with Crippen molar-refractivity contribution >= 4 is 23.4 Å². The molecule has 2 aromatic carbocycles. The molecule has 0 aliphatic heterocycles. The standard InChI is InChI=1S/C17H17ClFN/c1-12-5-3-4-6-17(12)20-11-14-7-8-16(19)10-15(14)9-13(2)18/h3-10,20H,11H2,1-2H3/b13-9-. The Kier molecular flexibility index (Phi) is 4.80. The van der Waals surface area contributed by atoms with Crippen molar-refractivity contribution < 1.29 is 4.39 Å². The van der Waals surface area contributed by atoms with Crippen molar-refractivity contribution in [3.63, 3.8) is 0 Å². The summed E-state index contributed by atoms with van der Waals surface area (Å²) < 4.78 is 13.3. The van der Waals surface area contributed by atoms with Crippen molar-refractivity contribution in [3.8, 4) is 0 Å². The van der Waals surface area contributed by atoms with E-state index in [0.717, 1.165) is 16.8 Å². The van der Waals surface area contributed by atoms with Gasteiger partial charge in [-0.15, -0.1) is 0 Å². The number of rotatable bonds is 4. The normalized spacial score (nSPS) is 11.5. The fourth-order valence-electron chi connectivity index (χ4n) is 2.04. The molecular formula is C17H17ClFN. The Morgan fingerprint density at radius 1 is 1.25 bits per heavy atom. The van der Waals surface area contributed by atoms with Crippen LogP contribution in [0, 0.1) is 12.7 Å². The molecule has 1 N–H and O–H groups in total. The minimum absolute atomic E-state index is 0.256. The van der Waals surface area contributed by atoms with Gasteiger partial charge < -0.3 is 5.32 Å². The van der Waals surface area contributed by atoms with Crippen LogP contribution in [-0.2, 0) is 6.54 Å². The van der Waals surface area contributed by atoms with Crippen LogP contribution in [0.15, 0.2) is 47.5 Å². The first-order valence-electron chi connectivity index (χ1n) is 6.48. The Labute approximate surface area is 124 Å². The van der Waals surface area contributed by atoms with Crippen LogP contribution < -0.4 is 5.32 Å². The van der Waals surface area contributed by atoms with Crippen LogP contribution >= 0.6 is 11.6 Å². The highest BCUT2D eigenvalue weighted by molar-refractivity contribution is 6.31. The molecule has 0 radical (unpaired) electrons. The van der Waals surface area contributed by atoms with Crippen LogP contribution in [0.25, 0.3) is 6.08 Å². The van der Waals surface area contributed by atoms with E-state index in [9.17, 15) is 4.39 Å². The first kappa shape index (κ1) is 14.6. The van der Waals surface area contributed by atoms with E-state index in [1.807, 2.05) is 18.2 Å². The van der Waals surface area contributed by atoms with Gasteiger partial charge in [-0.25, -0.2) is 4.39 Å². The lowest BCUT2D eigenvalue weighted by Gasteiger charge is -2.11. The second-order valence-electron chi connectivity index (χ2n) is 4.74.